The van der Waals surface area contributed by atoms with Gasteiger partial charge in [-0.05, 0) is 47.5 Å². The van der Waals surface area contributed by atoms with Gasteiger partial charge >= 0.3 is 0 Å². The van der Waals surface area contributed by atoms with Crippen LogP contribution in [0.3, 0.4) is 0 Å². The molecule has 0 unspecified atom stereocenters. The molecule has 166 valence electrons. The molecule has 1 saturated heterocycles. The Morgan fingerprint density at radius 3 is 1.97 bits per heavy atom. The highest BCUT2D eigenvalue weighted by atomic mass is 79.9. The van der Waals surface area contributed by atoms with E-state index in [1.165, 1.54) is 16.8 Å². The lowest BCUT2D eigenvalue weighted by Crippen LogP contribution is -2.45. The number of hydrogen-bond acceptors (Lipinski definition) is 3. The minimum atomic E-state index is 0. The first kappa shape index (κ1) is 25.5. The van der Waals surface area contributed by atoms with Gasteiger partial charge in [-0.15, -0.1) is 24.8 Å². The Bertz CT molecular complexity index is 884. The Morgan fingerprint density at radius 2 is 1.32 bits per heavy atom. The van der Waals surface area contributed by atoms with Crippen molar-refractivity contribution in [1.29, 1.82) is 0 Å². The molecule has 0 atom stereocenters. The number of hydrogen-bond donors (Lipinski definition) is 0. The molecular weight excluding hydrogens is 495 g/mol. The highest BCUT2D eigenvalue weighted by molar-refractivity contribution is 9.10. The van der Waals surface area contributed by atoms with Crippen LogP contribution in [0, 0.1) is 0 Å². The van der Waals surface area contributed by atoms with Gasteiger partial charge in [0.2, 0.25) is 0 Å². The Labute approximate surface area is 206 Å². The molecule has 0 radical (unpaired) electrons. The van der Waals surface area contributed by atoms with E-state index >= 15 is 0 Å². The number of nitrogens with zero attached hydrogens (tertiary/aromatic N) is 2. The van der Waals surface area contributed by atoms with Gasteiger partial charge in [-0.25, -0.2) is 0 Å². The summed E-state index contributed by atoms with van der Waals surface area (Å²) < 4.78 is 6.90. The highest BCUT2D eigenvalue weighted by Crippen LogP contribution is 2.18. The zero-order valence-corrected chi connectivity index (χ0v) is 20.7. The normalized spacial score (nSPS) is 13.8. The quantitative estimate of drug-likeness (QED) is 0.364. The minimum absolute atomic E-state index is 0. The molecule has 0 bridgehead atoms. The highest BCUT2D eigenvalue weighted by Gasteiger charge is 2.17. The largest absolute Gasteiger partial charge is 0.493 e. The maximum atomic E-state index is 5.83. The van der Waals surface area contributed by atoms with E-state index in [1.807, 2.05) is 24.3 Å². The number of anilines is 1. The van der Waals surface area contributed by atoms with Crippen LogP contribution < -0.4 is 9.64 Å². The number of halogens is 3. The Kier molecular flexibility index (Phi) is 10.7. The first-order valence-corrected chi connectivity index (χ1v) is 11.0. The van der Waals surface area contributed by atoms with Gasteiger partial charge in [-0.1, -0.05) is 58.4 Å². The van der Waals surface area contributed by atoms with Crippen LogP contribution in [0.5, 0.6) is 5.75 Å². The fraction of sp³-hybridized carbons (Fsp3) is 0.280. The molecular formula is C25H29BrCl2N2O. The van der Waals surface area contributed by atoms with Crippen LogP contribution in [0.25, 0.3) is 0 Å². The second kappa shape index (κ2) is 13.0. The second-order valence-electron chi connectivity index (χ2n) is 7.47. The van der Waals surface area contributed by atoms with Gasteiger partial charge < -0.3 is 9.64 Å². The van der Waals surface area contributed by atoms with Crippen LogP contribution in [0.2, 0.25) is 0 Å². The lowest BCUT2D eigenvalue weighted by atomic mass is 10.1. The summed E-state index contributed by atoms with van der Waals surface area (Å²) in [5, 5.41) is 0. The van der Waals surface area contributed by atoms with Crippen LogP contribution >= 0.6 is 40.7 Å². The minimum Gasteiger partial charge on any atom is -0.493 e. The maximum absolute atomic E-state index is 5.83. The first-order chi connectivity index (χ1) is 14.3. The van der Waals surface area contributed by atoms with Gasteiger partial charge in [0.1, 0.15) is 5.75 Å². The van der Waals surface area contributed by atoms with Gasteiger partial charge in [0.05, 0.1) is 6.61 Å². The van der Waals surface area contributed by atoms with Crippen LogP contribution in [0.1, 0.15) is 11.1 Å². The van der Waals surface area contributed by atoms with Gasteiger partial charge in [-0.3, -0.25) is 4.90 Å². The number of benzene rings is 3. The van der Waals surface area contributed by atoms with E-state index < -0.39 is 0 Å². The van der Waals surface area contributed by atoms with Gasteiger partial charge in [-0.2, -0.15) is 0 Å². The molecule has 0 aromatic heterocycles. The molecule has 3 aromatic rings. The standard InChI is InChI=1S/C25H27BrN2O.2ClH/c26-23-10-12-25(13-11-23)29-19-14-21-6-8-22(9-7-21)20-27-15-17-28(18-16-27)24-4-2-1-3-5-24;;/h1-13H,14-20H2;2*1H. The van der Waals surface area contributed by atoms with E-state index in [-0.39, 0.29) is 24.8 Å². The fourth-order valence-corrected chi connectivity index (χ4v) is 3.95. The van der Waals surface area contributed by atoms with Crippen molar-refractivity contribution in [2.75, 3.05) is 37.7 Å². The summed E-state index contributed by atoms with van der Waals surface area (Å²) in [6, 6.07) is 27.7. The van der Waals surface area contributed by atoms with Crippen molar-refractivity contribution in [3.05, 3.63) is 94.5 Å². The predicted molar refractivity (Wildman–Crippen MR) is 138 cm³/mol. The molecule has 3 aromatic carbocycles. The number of piperazine rings is 1. The average Bonchev–Trinajstić information content (AvgIpc) is 2.77. The maximum Gasteiger partial charge on any atom is 0.119 e. The SMILES string of the molecule is Brc1ccc(OCCc2ccc(CN3CCN(c4ccccc4)CC3)cc2)cc1.Cl.Cl. The van der Waals surface area contributed by atoms with Crippen molar-refractivity contribution in [2.45, 2.75) is 13.0 Å². The molecule has 0 amide bonds. The molecule has 3 nitrogen and oxygen atoms in total. The predicted octanol–water partition coefficient (Wildman–Crippen LogP) is 6.24. The van der Waals surface area contributed by atoms with Crippen LogP contribution in [0.15, 0.2) is 83.3 Å². The third kappa shape index (κ3) is 7.73. The molecule has 0 saturated carbocycles. The molecule has 6 heteroatoms. The first-order valence-electron chi connectivity index (χ1n) is 10.2. The monoisotopic (exact) mass is 522 g/mol. The third-order valence-electron chi connectivity index (χ3n) is 5.40. The number of ether oxygens (including phenoxy) is 1. The van der Waals surface area contributed by atoms with Crippen LogP contribution in [-0.4, -0.2) is 37.7 Å². The van der Waals surface area contributed by atoms with Crippen molar-refractivity contribution in [3.8, 4) is 5.75 Å². The van der Waals surface area contributed by atoms with Gasteiger partial charge in [0, 0.05) is 49.3 Å². The summed E-state index contributed by atoms with van der Waals surface area (Å²) in [6.07, 6.45) is 0.923. The lowest BCUT2D eigenvalue weighted by molar-refractivity contribution is 0.250. The van der Waals surface area contributed by atoms with Crippen molar-refractivity contribution >= 4 is 46.4 Å². The summed E-state index contributed by atoms with van der Waals surface area (Å²) in [7, 11) is 0. The van der Waals surface area contributed by atoms with E-state index in [1.54, 1.807) is 0 Å². The van der Waals surface area contributed by atoms with E-state index in [4.69, 9.17) is 4.74 Å². The molecule has 0 spiro atoms. The average molecular weight is 524 g/mol. The summed E-state index contributed by atoms with van der Waals surface area (Å²) in [4.78, 5) is 5.02. The molecule has 1 aliphatic rings. The molecule has 1 heterocycles. The van der Waals surface area contributed by atoms with Crippen LogP contribution in [-0.2, 0) is 13.0 Å². The zero-order chi connectivity index (χ0) is 19.9. The van der Waals surface area contributed by atoms with Gasteiger partial charge in [0.15, 0.2) is 0 Å². The Morgan fingerprint density at radius 1 is 0.710 bits per heavy atom. The smallest absolute Gasteiger partial charge is 0.119 e. The molecule has 31 heavy (non-hydrogen) atoms. The van der Waals surface area contributed by atoms with E-state index in [0.717, 1.165) is 49.4 Å². The Hall–Kier alpha value is -1.72. The van der Waals surface area contributed by atoms with Gasteiger partial charge in [0.25, 0.3) is 0 Å². The van der Waals surface area contributed by atoms with Crippen molar-refractivity contribution < 1.29 is 4.74 Å². The topological polar surface area (TPSA) is 15.7 Å². The molecule has 0 N–H and O–H groups in total. The third-order valence-corrected chi connectivity index (χ3v) is 5.92. The summed E-state index contributed by atoms with van der Waals surface area (Å²) in [5.74, 6) is 0.916. The Balaban J connectivity index is 0.00000171. The van der Waals surface area contributed by atoms with Crippen LogP contribution in [0.4, 0.5) is 5.69 Å². The molecule has 0 aliphatic carbocycles. The van der Waals surface area contributed by atoms with Crippen molar-refractivity contribution in [1.82, 2.24) is 4.90 Å². The number of rotatable bonds is 7. The summed E-state index contributed by atoms with van der Waals surface area (Å²) in [6.45, 7) is 6.13. The fourth-order valence-electron chi connectivity index (χ4n) is 3.69. The zero-order valence-electron chi connectivity index (χ0n) is 17.5. The second-order valence-corrected chi connectivity index (χ2v) is 8.38. The molecule has 1 fully saturated rings. The van der Waals surface area contributed by atoms with Crippen molar-refractivity contribution in [3.63, 3.8) is 0 Å². The number of para-hydroxylation sites is 1. The summed E-state index contributed by atoms with van der Waals surface area (Å²) >= 11 is 3.44. The van der Waals surface area contributed by atoms with Crippen molar-refractivity contribution in [2.24, 2.45) is 0 Å². The molecule has 4 rings (SSSR count). The van der Waals surface area contributed by atoms with E-state index in [2.05, 4.69) is 80.3 Å². The van der Waals surface area contributed by atoms with E-state index in [0.29, 0.717) is 6.61 Å². The lowest BCUT2D eigenvalue weighted by Gasteiger charge is -2.36. The van der Waals surface area contributed by atoms with E-state index in [9.17, 15) is 0 Å². The molecule has 1 aliphatic heterocycles. The summed E-state index contributed by atoms with van der Waals surface area (Å²) in [5.41, 5.74) is 4.04.